The van der Waals surface area contributed by atoms with Crippen molar-refractivity contribution in [2.75, 3.05) is 11.9 Å². The van der Waals surface area contributed by atoms with Crippen LogP contribution >= 0.6 is 11.8 Å². The number of halogens is 2. The highest BCUT2D eigenvalue weighted by molar-refractivity contribution is 7.99. The molecule has 2 aromatic rings. The quantitative estimate of drug-likeness (QED) is 0.792. The zero-order valence-corrected chi connectivity index (χ0v) is 12.8. The molecule has 0 fully saturated rings. The second-order valence-electron chi connectivity index (χ2n) is 4.55. The molecule has 1 heterocycles. The summed E-state index contributed by atoms with van der Waals surface area (Å²) in [5.74, 6) is -1.81. The zero-order chi connectivity index (χ0) is 15.2. The minimum absolute atomic E-state index is 0.542. The Kier molecular flexibility index (Phi) is 5.50. The maximum absolute atomic E-state index is 12.3. The Bertz CT molecular complexity index is 588. The van der Waals surface area contributed by atoms with Crippen LogP contribution in [-0.4, -0.2) is 22.3 Å². The summed E-state index contributed by atoms with van der Waals surface area (Å²) in [6.45, 7) is 4.81. The van der Waals surface area contributed by atoms with Crippen LogP contribution in [0.4, 0.5) is 14.7 Å². The van der Waals surface area contributed by atoms with E-state index < -0.39 is 5.76 Å². The third kappa shape index (κ3) is 4.39. The molecule has 0 spiro atoms. The molecular weight excluding hydrogens is 292 g/mol. The van der Waals surface area contributed by atoms with Crippen molar-refractivity contribution in [1.29, 1.82) is 0 Å². The molecule has 0 aliphatic carbocycles. The summed E-state index contributed by atoms with van der Waals surface area (Å²) in [6.07, 6.45) is 2.76. The molecule has 3 nitrogen and oxygen atoms in total. The lowest BCUT2D eigenvalue weighted by Crippen LogP contribution is -2.05. The van der Waals surface area contributed by atoms with E-state index in [1.807, 2.05) is 19.1 Å². The van der Waals surface area contributed by atoms with Gasteiger partial charge in [-0.2, -0.15) is 8.78 Å². The normalized spacial score (nSPS) is 10.9. The van der Waals surface area contributed by atoms with Gasteiger partial charge in [0.25, 0.3) is 5.76 Å². The summed E-state index contributed by atoms with van der Waals surface area (Å²) >= 11 is 0.542. The van der Waals surface area contributed by atoms with Gasteiger partial charge in [0.2, 0.25) is 5.95 Å². The van der Waals surface area contributed by atoms with E-state index in [0.29, 0.717) is 22.6 Å². The van der Waals surface area contributed by atoms with Gasteiger partial charge in [-0.1, -0.05) is 30.8 Å². The molecule has 0 bridgehead atoms. The summed E-state index contributed by atoms with van der Waals surface area (Å²) in [5.41, 5.74) is 2.66. The van der Waals surface area contributed by atoms with Crippen molar-refractivity contribution >= 4 is 17.7 Å². The van der Waals surface area contributed by atoms with E-state index in [2.05, 4.69) is 22.2 Å². The van der Waals surface area contributed by atoms with Gasteiger partial charge in [-0.3, -0.25) is 0 Å². The molecule has 112 valence electrons. The first-order chi connectivity index (χ1) is 10.1. The van der Waals surface area contributed by atoms with Crippen LogP contribution in [0.1, 0.15) is 18.9 Å². The van der Waals surface area contributed by atoms with Crippen LogP contribution in [0.5, 0.6) is 0 Å². The number of nitrogens with one attached hydrogen (secondary N) is 1. The van der Waals surface area contributed by atoms with Crippen molar-refractivity contribution < 1.29 is 8.78 Å². The van der Waals surface area contributed by atoms with Crippen LogP contribution in [0.15, 0.2) is 35.4 Å². The van der Waals surface area contributed by atoms with Crippen LogP contribution < -0.4 is 5.32 Å². The highest BCUT2D eigenvalue weighted by atomic mass is 32.2. The van der Waals surface area contributed by atoms with E-state index in [9.17, 15) is 8.78 Å². The van der Waals surface area contributed by atoms with Gasteiger partial charge < -0.3 is 5.32 Å². The lowest BCUT2D eigenvalue weighted by atomic mass is 10.1. The number of aryl methyl sites for hydroxylation is 1. The van der Waals surface area contributed by atoms with Crippen LogP contribution in [0.2, 0.25) is 0 Å². The number of alkyl halides is 2. The largest absolute Gasteiger partial charge is 0.354 e. The van der Waals surface area contributed by atoms with E-state index in [4.69, 9.17) is 0 Å². The maximum atomic E-state index is 12.3. The third-order valence-electron chi connectivity index (χ3n) is 2.86. The van der Waals surface area contributed by atoms with Gasteiger partial charge in [0.1, 0.15) is 0 Å². The number of hydrogen-bond donors (Lipinski definition) is 1. The molecule has 0 amide bonds. The van der Waals surface area contributed by atoms with E-state index in [1.165, 1.54) is 0 Å². The number of aromatic nitrogens is 2. The molecule has 0 unspecified atom stereocenters. The Morgan fingerprint density at radius 1 is 1.24 bits per heavy atom. The van der Waals surface area contributed by atoms with E-state index >= 15 is 0 Å². The summed E-state index contributed by atoms with van der Waals surface area (Å²) in [5, 5.41) is 3.14. The minimum Gasteiger partial charge on any atom is -0.354 e. The Labute approximate surface area is 127 Å². The Balaban J connectivity index is 2.23. The molecule has 0 saturated heterocycles. The molecule has 1 N–H and O–H groups in total. The first-order valence-corrected chi connectivity index (χ1v) is 7.61. The van der Waals surface area contributed by atoms with Crippen LogP contribution in [0, 0.1) is 6.92 Å². The molecule has 0 aliphatic heterocycles. The van der Waals surface area contributed by atoms with Crippen LogP contribution in [0.3, 0.4) is 0 Å². The predicted octanol–water partition coefficient (Wildman–Crippen LogP) is 4.59. The molecule has 0 saturated carbocycles. The fourth-order valence-corrected chi connectivity index (χ4v) is 2.35. The van der Waals surface area contributed by atoms with Gasteiger partial charge in [0.15, 0.2) is 0 Å². The van der Waals surface area contributed by atoms with Crippen molar-refractivity contribution in [2.45, 2.75) is 30.9 Å². The zero-order valence-electron chi connectivity index (χ0n) is 11.9. The monoisotopic (exact) mass is 309 g/mol. The van der Waals surface area contributed by atoms with Crippen LogP contribution in [-0.2, 0) is 0 Å². The number of nitrogens with zero attached hydrogens (tertiary/aromatic N) is 2. The molecule has 2 rings (SSSR count). The van der Waals surface area contributed by atoms with Gasteiger partial charge in [-0.05, 0) is 31.0 Å². The first kappa shape index (κ1) is 15.7. The average molecular weight is 309 g/mol. The van der Waals surface area contributed by atoms with E-state index in [-0.39, 0.29) is 0 Å². The van der Waals surface area contributed by atoms with Crippen molar-refractivity contribution in [3.05, 3.63) is 36.0 Å². The number of benzene rings is 1. The predicted molar refractivity (Wildman–Crippen MR) is 82.8 cm³/mol. The minimum atomic E-state index is -2.40. The van der Waals surface area contributed by atoms with Gasteiger partial charge >= 0.3 is 0 Å². The molecular formula is C15H17F2N3S. The fraction of sp³-hybridized carbons (Fsp3) is 0.333. The molecule has 0 aliphatic rings. The molecule has 0 atom stereocenters. The highest BCUT2D eigenvalue weighted by Gasteiger charge is 2.08. The number of anilines is 1. The van der Waals surface area contributed by atoms with Gasteiger partial charge in [0, 0.05) is 23.2 Å². The molecule has 21 heavy (non-hydrogen) atoms. The number of hydrogen-bond acceptors (Lipinski definition) is 4. The lowest BCUT2D eigenvalue weighted by Gasteiger charge is -2.09. The summed E-state index contributed by atoms with van der Waals surface area (Å²) in [4.78, 5) is 9.27. The highest BCUT2D eigenvalue weighted by Crippen LogP contribution is 2.28. The van der Waals surface area contributed by atoms with Crippen LogP contribution in [0.25, 0.3) is 11.3 Å². The van der Waals surface area contributed by atoms with Crippen molar-refractivity contribution in [2.24, 2.45) is 0 Å². The van der Waals surface area contributed by atoms with Crippen molar-refractivity contribution in [1.82, 2.24) is 9.97 Å². The second kappa shape index (κ2) is 7.36. The SMILES string of the molecule is CCCNc1ncc(C)c(-c2ccc(SC(F)F)cc2)n1. The van der Waals surface area contributed by atoms with Crippen molar-refractivity contribution in [3.63, 3.8) is 0 Å². The maximum Gasteiger partial charge on any atom is 0.288 e. The summed E-state index contributed by atoms with van der Waals surface area (Å²) < 4.78 is 24.6. The molecule has 1 aromatic carbocycles. The summed E-state index contributed by atoms with van der Waals surface area (Å²) in [7, 11) is 0. The molecule has 1 aromatic heterocycles. The third-order valence-corrected chi connectivity index (χ3v) is 3.58. The lowest BCUT2D eigenvalue weighted by molar-refractivity contribution is 0.252. The number of thioether (sulfide) groups is 1. The van der Waals surface area contributed by atoms with E-state index in [1.54, 1.807) is 18.3 Å². The van der Waals surface area contributed by atoms with Gasteiger partial charge in [-0.15, -0.1) is 0 Å². The topological polar surface area (TPSA) is 37.8 Å². The van der Waals surface area contributed by atoms with Gasteiger partial charge in [-0.25, -0.2) is 9.97 Å². The Hall–Kier alpha value is -1.69. The van der Waals surface area contributed by atoms with E-state index in [0.717, 1.165) is 29.8 Å². The summed E-state index contributed by atoms with van der Waals surface area (Å²) in [6, 6.07) is 6.99. The average Bonchev–Trinajstić information content (AvgIpc) is 2.47. The smallest absolute Gasteiger partial charge is 0.288 e. The Morgan fingerprint density at radius 3 is 2.57 bits per heavy atom. The fourth-order valence-electron chi connectivity index (χ4n) is 1.85. The Morgan fingerprint density at radius 2 is 1.95 bits per heavy atom. The molecule has 6 heteroatoms. The van der Waals surface area contributed by atoms with Gasteiger partial charge in [0.05, 0.1) is 5.69 Å². The second-order valence-corrected chi connectivity index (χ2v) is 5.62. The first-order valence-electron chi connectivity index (χ1n) is 6.73. The standard InChI is InChI=1S/C15H17F2N3S/c1-3-8-18-15-19-9-10(2)13(20-15)11-4-6-12(7-5-11)21-14(16)17/h4-7,9,14H,3,8H2,1-2H3,(H,18,19,20). The molecule has 0 radical (unpaired) electrons. The number of rotatable bonds is 6. The van der Waals surface area contributed by atoms with Crippen molar-refractivity contribution in [3.8, 4) is 11.3 Å².